The highest BCUT2D eigenvalue weighted by Crippen LogP contribution is 2.44. The first-order valence-corrected chi connectivity index (χ1v) is 12.1. The van der Waals surface area contributed by atoms with Crippen molar-refractivity contribution in [1.82, 2.24) is 14.7 Å². The van der Waals surface area contributed by atoms with Gasteiger partial charge in [-0.25, -0.2) is 13.4 Å². The standard InChI is InChI=1S/C20H26N4O3S/c25-20(22-18(14-4-5-14)15-6-7-15)19-21-16(17-3-1-2-8-24(17)19)13-23-9-11-28(26,27)12-10-23/h1-3,8,14-15,18H,4-7,9-13H2,(H,22,25)/p+1. The maximum absolute atomic E-state index is 13.0. The van der Waals surface area contributed by atoms with Crippen molar-refractivity contribution in [3.63, 3.8) is 0 Å². The van der Waals surface area contributed by atoms with Crippen LogP contribution in [-0.4, -0.2) is 54.3 Å². The minimum absolute atomic E-state index is 0.0903. The highest BCUT2D eigenvalue weighted by atomic mass is 32.2. The van der Waals surface area contributed by atoms with E-state index in [0.29, 0.717) is 43.3 Å². The van der Waals surface area contributed by atoms with E-state index in [2.05, 4.69) is 5.32 Å². The molecule has 3 aliphatic rings. The zero-order chi connectivity index (χ0) is 19.3. The van der Waals surface area contributed by atoms with E-state index in [-0.39, 0.29) is 17.4 Å². The number of hydrogen-bond acceptors (Lipinski definition) is 4. The number of hydrogen-bond donors (Lipinski definition) is 2. The Labute approximate surface area is 165 Å². The van der Waals surface area contributed by atoms with Gasteiger partial charge in [-0.2, -0.15) is 0 Å². The summed E-state index contributed by atoms with van der Waals surface area (Å²) >= 11 is 0. The van der Waals surface area contributed by atoms with Gasteiger partial charge in [0, 0.05) is 12.2 Å². The van der Waals surface area contributed by atoms with Crippen LogP contribution in [0.1, 0.15) is 42.0 Å². The predicted octanol–water partition coefficient (Wildman–Crippen LogP) is 0.0660. The molecule has 2 aromatic rings. The van der Waals surface area contributed by atoms with E-state index in [4.69, 9.17) is 4.98 Å². The SMILES string of the molecule is O=C(NC(C1CC1)C1CC1)c1nc(C[NH+]2CCS(=O)(=O)CC2)c2ccccn12. The Morgan fingerprint density at radius 1 is 1.18 bits per heavy atom. The van der Waals surface area contributed by atoms with Crippen LogP contribution in [0.3, 0.4) is 0 Å². The first-order chi connectivity index (χ1) is 13.5. The molecule has 0 radical (unpaired) electrons. The van der Waals surface area contributed by atoms with Gasteiger partial charge in [-0.3, -0.25) is 9.20 Å². The van der Waals surface area contributed by atoms with Gasteiger partial charge in [0.15, 0.2) is 9.84 Å². The van der Waals surface area contributed by atoms with E-state index >= 15 is 0 Å². The fraction of sp³-hybridized carbons (Fsp3) is 0.600. The lowest BCUT2D eigenvalue weighted by Gasteiger charge is -2.22. The molecule has 5 rings (SSSR count). The molecule has 150 valence electrons. The molecule has 0 aromatic carbocycles. The summed E-state index contributed by atoms with van der Waals surface area (Å²) in [5, 5.41) is 3.27. The molecule has 2 aromatic heterocycles. The first kappa shape index (κ1) is 18.1. The van der Waals surface area contributed by atoms with Crippen molar-refractivity contribution >= 4 is 21.3 Å². The molecule has 7 nitrogen and oxygen atoms in total. The maximum atomic E-state index is 13.0. The Hall–Kier alpha value is -1.93. The molecular weight excluding hydrogens is 376 g/mol. The average Bonchev–Trinajstić information content (AvgIpc) is 3.59. The fourth-order valence-electron chi connectivity index (χ4n) is 4.38. The fourth-order valence-corrected chi connectivity index (χ4v) is 5.78. The lowest BCUT2D eigenvalue weighted by Crippen LogP contribution is -3.13. The van der Waals surface area contributed by atoms with Gasteiger partial charge in [-0.05, 0) is 49.7 Å². The Morgan fingerprint density at radius 2 is 1.86 bits per heavy atom. The number of aromatic nitrogens is 2. The van der Waals surface area contributed by atoms with E-state index in [9.17, 15) is 13.2 Å². The van der Waals surface area contributed by atoms with Gasteiger partial charge in [0.25, 0.3) is 5.91 Å². The lowest BCUT2D eigenvalue weighted by atomic mass is 10.1. The van der Waals surface area contributed by atoms with Crippen molar-refractivity contribution in [2.24, 2.45) is 11.8 Å². The van der Waals surface area contributed by atoms with Crippen molar-refractivity contribution in [2.45, 2.75) is 38.3 Å². The third-order valence-electron chi connectivity index (χ3n) is 6.34. The molecule has 3 heterocycles. The smallest absolute Gasteiger partial charge is 0.287 e. The van der Waals surface area contributed by atoms with Crippen LogP contribution in [-0.2, 0) is 16.4 Å². The monoisotopic (exact) mass is 403 g/mol. The number of nitrogens with zero attached hydrogens (tertiary/aromatic N) is 2. The van der Waals surface area contributed by atoms with Gasteiger partial charge in [0.1, 0.15) is 12.2 Å². The van der Waals surface area contributed by atoms with Crippen LogP contribution in [0.25, 0.3) is 5.52 Å². The Morgan fingerprint density at radius 3 is 2.50 bits per heavy atom. The molecule has 0 unspecified atom stereocenters. The molecule has 1 saturated heterocycles. The summed E-state index contributed by atoms with van der Waals surface area (Å²) in [7, 11) is -2.89. The second kappa shape index (κ2) is 6.84. The number of carbonyl (C=O) groups excluding carboxylic acids is 1. The van der Waals surface area contributed by atoms with Gasteiger partial charge >= 0.3 is 0 Å². The molecular formula is C20H27N4O3S+. The highest BCUT2D eigenvalue weighted by Gasteiger charge is 2.42. The molecule has 2 N–H and O–H groups in total. The zero-order valence-corrected chi connectivity index (χ0v) is 16.7. The highest BCUT2D eigenvalue weighted by molar-refractivity contribution is 7.91. The van der Waals surface area contributed by atoms with Gasteiger partial charge < -0.3 is 10.2 Å². The molecule has 0 atom stereocenters. The Bertz CT molecular complexity index is 982. The van der Waals surface area contributed by atoms with Crippen molar-refractivity contribution in [3.05, 3.63) is 35.9 Å². The van der Waals surface area contributed by atoms with Crippen molar-refractivity contribution in [2.75, 3.05) is 24.6 Å². The first-order valence-electron chi connectivity index (χ1n) is 10.3. The zero-order valence-electron chi connectivity index (χ0n) is 15.9. The molecule has 1 aliphatic heterocycles. The second-order valence-corrected chi connectivity index (χ2v) is 10.9. The quantitative estimate of drug-likeness (QED) is 0.715. The summed E-state index contributed by atoms with van der Waals surface area (Å²) in [4.78, 5) is 19.0. The van der Waals surface area contributed by atoms with E-state index < -0.39 is 9.84 Å². The molecule has 2 saturated carbocycles. The van der Waals surface area contributed by atoms with Crippen molar-refractivity contribution in [1.29, 1.82) is 0 Å². The van der Waals surface area contributed by atoms with Gasteiger partial charge in [0.2, 0.25) is 5.82 Å². The van der Waals surface area contributed by atoms with E-state index in [1.165, 1.54) is 30.6 Å². The molecule has 0 bridgehead atoms. The molecule has 1 amide bonds. The number of imidazole rings is 1. The summed E-state index contributed by atoms with van der Waals surface area (Å²) in [5.41, 5.74) is 1.80. The van der Waals surface area contributed by atoms with Crippen LogP contribution in [0.4, 0.5) is 0 Å². The third kappa shape index (κ3) is 3.67. The molecule has 28 heavy (non-hydrogen) atoms. The largest absolute Gasteiger partial charge is 0.346 e. The van der Waals surface area contributed by atoms with Crippen LogP contribution in [0.2, 0.25) is 0 Å². The van der Waals surface area contributed by atoms with Crippen LogP contribution in [0.15, 0.2) is 24.4 Å². The van der Waals surface area contributed by atoms with Gasteiger partial charge in [-0.1, -0.05) is 6.07 Å². The minimum atomic E-state index is -2.89. The number of sulfone groups is 1. The Kier molecular flexibility index (Phi) is 4.43. The van der Waals surface area contributed by atoms with Crippen LogP contribution in [0, 0.1) is 11.8 Å². The summed E-state index contributed by atoms with van der Waals surface area (Å²) in [6.45, 7) is 1.84. The third-order valence-corrected chi connectivity index (χ3v) is 7.99. The number of fused-ring (bicyclic) bond motifs is 1. The molecule has 8 heteroatoms. The average molecular weight is 404 g/mol. The van der Waals surface area contributed by atoms with Gasteiger partial charge in [-0.15, -0.1) is 0 Å². The number of pyridine rings is 1. The molecule has 2 aliphatic carbocycles. The number of rotatable bonds is 6. The van der Waals surface area contributed by atoms with Crippen LogP contribution in [0.5, 0.6) is 0 Å². The number of quaternary nitrogens is 1. The van der Waals surface area contributed by atoms with Crippen molar-refractivity contribution < 1.29 is 18.1 Å². The maximum Gasteiger partial charge on any atom is 0.287 e. The molecule has 3 fully saturated rings. The molecule has 0 spiro atoms. The number of amides is 1. The van der Waals surface area contributed by atoms with Gasteiger partial charge in [0.05, 0.1) is 30.1 Å². The second-order valence-electron chi connectivity index (χ2n) is 8.59. The van der Waals surface area contributed by atoms with E-state index in [1.807, 2.05) is 28.8 Å². The number of nitrogens with one attached hydrogen (secondary N) is 2. The predicted molar refractivity (Wildman–Crippen MR) is 105 cm³/mol. The number of carbonyl (C=O) groups is 1. The lowest BCUT2D eigenvalue weighted by molar-refractivity contribution is -0.910. The minimum Gasteiger partial charge on any atom is -0.346 e. The Balaban J connectivity index is 1.38. The topological polar surface area (TPSA) is 85.0 Å². The normalized spacial score (nSPS) is 22.6. The van der Waals surface area contributed by atoms with E-state index in [0.717, 1.165) is 11.2 Å². The summed E-state index contributed by atoms with van der Waals surface area (Å²) in [6, 6.07) is 6.15. The summed E-state index contributed by atoms with van der Waals surface area (Å²) in [5.74, 6) is 2.09. The van der Waals surface area contributed by atoms with Crippen LogP contribution >= 0.6 is 0 Å². The van der Waals surface area contributed by atoms with Crippen LogP contribution < -0.4 is 10.2 Å². The summed E-state index contributed by atoms with van der Waals surface area (Å²) in [6.07, 6.45) is 6.76. The van der Waals surface area contributed by atoms with Crippen molar-refractivity contribution in [3.8, 4) is 0 Å². The summed E-state index contributed by atoms with van der Waals surface area (Å²) < 4.78 is 25.3. The van der Waals surface area contributed by atoms with E-state index in [1.54, 1.807) is 0 Å².